The van der Waals surface area contributed by atoms with E-state index in [4.69, 9.17) is 8.94 Å². The maximum Gasteiger partial charge on any atom is 0.230 e. The Morgan fingerprint density at radius 2 is 2.33 bits per heavy atom. The van der Waals surface area contributed by atoms with Crippen molar-refractivity contribution in [1.29, 1.82) is 0 Å². The number of rotatable bonds is 7. The number of aromatic amines is 1. The van der Waals surface area contributed by atoms with Crippen LogP contribution in [0.2, 0.25) is 0 Å². The first kappa shape index (κ1) is 14.9. The molecule has 0 aromatic carbocycles. The molecule has 0 spiro atoms. The SMILES string of the molecule is O=C(CSc1n[nH]c(-c2ccco2)n1)NCc1noc(C2CC2)n1. The van der Waals surface area contributed by atoms with Crippen molar-refractivity contribution < 1.29 is 13.7 Å². The van der Waals surface area contributed by atoms with Crippen LogP contribution >= 0.6 is 11.8 Å². The lowest BCUT2D eigenvalue weighted by molar-refractivity contribution is -0.118. The average Bonchev–Trinajstić information content (AvgIpc) is 3.03. The monoisotopic (exact) mass is 346 g/mol. The Balaban J connectivity index is 1.24. The smallest absolute Gasteiger partial charge is 0.230 e. The Labute approximate surface area is 140 Å². The van der Waals surface area contributed by atoms with Crippen LogP contribution in [0.1, 0.15) is 30.5 Å². The van der Waals surface area contributed by atoms with Gasteiger partial charge in [-0.2, -0.15) is 9.97 Å². The molecule has 3 aromatic rings. The van der Waals surface area contributed by atoms with Crippen LogP contribution in [0.4, 0.5) is 0 Å². The summed E-state index contributed by atoms with van der Waals surface area (Å²) in [4.78, 5) is 20.4. The van der Waals surface area contributed by atoms with Crippen molar-refractivity contribution in [1.82, 2.24) is 30.6 Å². The van der Waals surface area contributed by atoms with Crippen molar-refractivity contribution in [3.05, 3.63) is 30.1 Å². The average molecular weight is 346 g/mol. The first-order valence-corrected chi connectivity index (χ1v) is 8.45. The van der Waals surface area contributed by atoms with Gasteiger partial charge >= 0.3 is 0 Å². The largest absolute Gasteiger partial charge is 0.461 e. The van der Waals surface area contributed by atoms with Crippen molar-refractivity contribution in [3.8, 4) is 11.6 Å². The molecule has 1 amide bonds. The van der Waals surface area contributed by atoms with Crippen molar-refractivity contribution in [2.45, 2.75) is 30.5 Å². The van der Waals surface area contributed by atoms with Crippen LogP contribution in [0.5, 0.6) is 0 Å². The van der Waals surface area contributed by atoms with Gasteiger partial charge in [-0.15, -0.1) is 5.10 Å². The molecule has 2 N–H and O–H groups in total. The van der Waals surface area contributed by atoms with E-state index in [2.05, 4.69) is 30.6 Å². The van der Waals surface area contributed by atoms with Gasteiger partial charge in [0, 0.05) is 5.92 Å². The third kappa shape index (κ3) is 3.48. The van der Waals surface area contributed by atoms with Gasteiger partial charge in [0.25, 0.3) is 0 Å². The molecule has 24 heavy (non-hydrogen) atoms. The zero-order valence-electron chi connectivity index (χ0n) is 12.6. The lowest BCUT2D eigenvalue weighted by Crippen LogP contribution is -2.25. The Bertz CT molecular complexity index is 823. The van der Waals surface area contributed by atoms with Gasteiger partial charge in [-0.1, -0.05) is 16.9 Å². The number of nitrogens with zero attached hydrogens (tertiary/aromatic N) is 4. The summed E-state index contributed by atoms with van der Waals surface area (Å²) in [5, 5.41) is 13.9. The molecule has 3 heterocycles. The number of furan rings is 1. The Kier molecular flexibility index (Phi) is 4.03. The predicted octanol–water partition coefficient (Wildman–Crippen LogP) is 1.73. The summed E-state index contributed by atoms with van der Waals surface area (Å²) in [6.07, 6.45) is 3.76. The number of amides is 1. The second-order valence-electron chi connectivity index (χ2n) is 5.33. The van der Waals surface area contributed by atoms with E-state index in [1.54, 1.807) is 18.4 Å². The van der Waals surface area contributed by atoms with Crippen LogP contribution < -0.4 is 5.32 Å². The van der Waals surface area contributed by atoms with Crippen LogP contribution in [-0.2, 0) is 11.3 Å². The van der Waals surface area contributed by atoms with E-state index in [9.17, 15) is 4.79 Å². The number of H-pyrrole nitrogens is 1. The zero-order chi connectivity index (χ0) is 16.4. The molecule has 4 rings (SSSR count). The van der Waals surface area contributed by atoms with Crippen molar-refractivity contribution >= 4 is 17.7 Å². The second kappa shape index (κ2) is 6.48. The van der Waals surface area contributed by atoms with Gasteiger partial charge in [-0.25, -0.2) is 0 Å². The van der Waals surface area contributed by atoms with Gasteiger partial charge < -0.3 is 14.3 Å². The molecule has 1 saturated carbocycles. The molecule has 0 aliphatic heterocycles. The van der Waals surface area contributed by atoms with E-state index >= 15 is 0 Å². The van der Waals surface area contributed by atoms with Crippen molar-refractivity contribution in [3.63, 3.8) is 0 Å². The number of carbonyl (C=O) groups excluding carboxylic acids is 1. The highest BCUT2D eigenvalue weighted by Gasteiger charge is 2.29. The Morgan fingerprint density at radius 1 is 1.42 bits per heavy atom. The standard InChI is InChI=1S/C14H14N6O3S/c21-11(15-6-10-16-13(23-20-10)8-3-4-8)7-24-14-17-12(18-19-14)9-2-1-5-22-9/h1-2,5,8H,3-4,6-7H2,(H,15,21)(H,17,18,19). The van der Waals surface area contributed by atoms with Crippen molar-refractivity contribution in [2.24, 2.45) is 0 Å². The van der Waals surface area contributed by atoms with Crippen LogP contribution in [-0.4, -0.2) is 37.0 Å². The topological polar surface area (TPSA) is 123 Å². The highest BCUT2D eigenvalue weighted by Crippen LogP contribution is 2.38. The summed E-state index contributed by atoms with van der Waals surface area (Å²) in [5.41, 5.74) is 0. The molecular formula is C14H14N6O3S. The van der Waals surface area contributed by atoms with Crippen LogP contribution in [0.15, 0.2) is 32.5 Å². The first-order valence-electron chi connectivity index (χ1n) is 7.46. The van der Waals surface area contributed by atoms with Gasteiger partial charge in [0.05, 0.1) is 18.6 Å². The Hall–Kier alpha value is -2.62. The molecule has 9 nitrogen and oxygen atoms in total. The molecule has 0 atom stereocenters. The van der Waals surface area contributed by atoms with E-state index in [0.29, 0.717) is 34.4 Å². The highest BCUT2D eigenvalue weighted by molar-refractivity contribution is 7.99. The van der Waals surface area contributed by atoms with Gasteiger partial charge in [0.15, 0.2) is 17.4 Å². The van der Waals surface area contributed by atoms with Gasteiger partial charge in [-0.3, -0.25) is 9.89 Å². The summed E-state index contributed by atoms with van der Waals surface area (Å²) in [6, 6.07) is 3.55. The van der Waals surface area contributed by atoms with Crippen LogP contribution in [0, 0.1) is 0 Å². The van der Waals surface area contributed by atoms with Crippen LogP contribution in [0.3, 0.4) is 0 Å². The minimum absolute atomic E-state index is 0.151. The number of nitrogens with one attached hydrogen (secondary N) is 2. The minimum Gasteiger partial charge on any atom is -0.461 e. The summed E-state index contributed by atoms with van der Waals surface area (Å²) >= 11 is 1.23. The quantitative estimate of drug-likeness (QED) is 0.620. The number of hydrogen-bond donors (Lipinski definition) is 2. The van der Waals surface area contributed by atoms with Crippen molar-refractivity contribution in [2.75, 3.05) is 5.75 Å². The maximum absolute atomic E-state index is 11.9. The molecule has 1 fully saturated rings. The molecular weight excluding hydrogens is 332 g/mol. The van der Waals surface area contributed by atoms with Gasteiger partial charge in [0.1, 0.15) is 0 Å². The molecule has 0 unspecified atom stereocenters. The lowest BCUT2D eigenvalue weighted by Gasteiger charge is -1.99. The molecule has 0 bridgehead atoms. The fraction of sp³-hybridized carbons (Fsp3) is 0.357. The van der Waals surface area contributed by atoms with Crippen LogP contribution in [0.25, 0.3) is 11.6 Å². The number of carbonyl (C=O) groups is 1. The predicted molar refractivity (Wildman–Crippen MR) is 82.9 cm³/mol. The first-order chi connectivity index (χ1) is 11.8. The summed E-state index contributed by atoms with van der Waals surface area (Å²) in [5.74, 6) is 2.74. The number of aromatic nitrogens is 5. The normalized spacial score (nSPS) is 14.0. The summed E-state index contributed by atoms with van der Waals surface area (Å²) < 4.78 is 10.4. The fourth-order valence-corrected chi connectivity index (χ4v) is 2.66. The maximum atomic E-state index is 11.9. The molecule has 0 radical (unpaired) electrons. The van der Waals surface area contributed by atoms with Gasteiger partial charge in [-0.05, 0) is 25.0 Å². The molecule has 0 saturated heterocycles. The van der Waals surface area contributed by atoms with E-state index in [1.807, 2.05) is 0 Å². The second-order valence-corrected chi connectivity index (χ2v) is 6.27. The highest BCUT2D eigenvalue weighted by atomic mass is 32.2. The van der Waals surface area contributed by atoms with Gasteiger partial charge in [0.2, 0.25) is 17.0 Å². The Morgan fingerprint density at radius 3 is 3.12 bits per heavy atom. The summed E-state index contributed by atoms with van der Waals surface area (Å²) in [7, 11) is 0. The fourth-order valence-electron chi connectivity index (χ4n) is 2.03. The molecule has 3 aromatic heterocycles. The molecule has 1 aliphatic carbocycles. The lowest BCUT2D eigenvalue weighted by atomic mass is 10.4. The third-order valence-electron chi connectivity index (χ3n) is 3.41. The van der Waals surface area contributed by atoms with E-state index < -0.39 is 0 Å². The minimum atomic E-state index is -0.151. The summed E-state index contributed by atoms with van der Waals surface area (Å²) in [6.45, 7) is 0.251. The van der Waals surface area contributed by atoms with E-state index in [1.165, 1.54) is 11.8 Å². The molecule has 10 heteroatoms. The number of thioether (sulfide) groups is 1. The molecule has 1 aliphatic rings. The third-order valence-corrected chi connectivity index (χ3v) is 4.25. The molecule has 124 valence electrons. The van der Waals surface area contributed by atoms with E-state index in [0.717, 1.165) is 12.8 Å². The van der Waals surface area contributed by atoms with E-state index in [-0.39, 0.29) is 18.2 Å². The number of hydrogen-bond acceptors (Lipinski definition) is 8. The zero-order valence-corrected chi connectivity index (χ0v) is 13.4.